The number of rotatable bonds is 6. The molecule has 1 aliphatic heterocycles. The average molecular weight is 250 g/mol. The Balaban J connectivity index is 2.23. The SMILES string of the molecule is CN1CCC(CNS(=O)(=O)CCCO)CC1. The molecule has 1 aliphatic rings. The van der Waals surface area contributed by atoms with Gasteiger partial charge in [0.25, 0.3) is 0 Å². The molecule has 2 N–H and O–H groups in total. The van der Waals surface area contributed by atoms with Crippen molar-refractivity contribution in [3.63, 3.8) is 0 Å². The molecule has 0 unspecified atom stereocenters. The number of likely N-dealkylation sites (tertiary alicyclic amines) is 1. The molecule has 0 bridgehead atoms. The van der Waals surface area contributed by atoms with E-state index < -0.39 is 10.0 Å². The van der Waals surface area contributed by atoms with E-state index in [1.54, 1.807) is 0 Å². The second kappa shape index (κ2) is 6.54. The first-order valence-electron chi connectivity index (χ1n) is 5.80. The molecule has 0 spiro atoms. The van der Waals surface area contributed by atoms with Gasteiger partial charge in [-0.3, -0.25) is 0 Å². The predicted molar refractivity (Wildman–Crippen MR) is 63.7 cm³/mol. The Morgan fingerprint density at radius 1 is 1.38 bits per heavy atom. The molecule has 0 atom stereocenters. The first-order valence-corrected chi connectivity index (χ1v) is 7.45. The first kappa shape index (κ1) is 13.9. The van der Waals surface area contributed by atoms with Gasteiger partial charge in [-0.25, -0.2) is 13.1 Å². The van der Waals surface area contributed by atoms with Gasteiger partial charge in [0.15, 0.2) is 0 Å². The highest BCUT2D eigenvalue weighted by Crippen LogP contribution is 2.14. The zero-order valence-electron chi connectivity index (χ0n) is 9.85. The van der Waals surface area contributed by atoms with Crippen LogP contribution in [0.25, 0.3) is 0 Å². The molecule has 1 fully saturated rings. The van der Waals surface area contributed by atoms with Crippen LogP contribution in [0.5, 0.6) is 0 Å². The van der Waals surface area contributed by atoms with Gasteiger partial charge in [-0.1, -0.05) is 0 Å². The molecule has 0 aromatic rings. The van der Waals surface area contributed by atoms with Crippen LogP contribution < -0.4 is 4.72 Å². The molecule has 0 aromatic carbocycles. The number of hydrogen-bond acceptors (Lipinski definition) is 4. The van der Waals surface area contributed by atoms with E-state index in [9.17, 15) is 8.42 Å². The number of aliphatic hydroxyl groups is 1. The summed E-state index contributed by atoms with van der Waals surface area (Å²) in [6.07, 6.45) is 2.42. The van der Waals surface area contributed by atoms with Crippen molar-refractivity contribution in [2.75, 3.05) is 39.0 Å². The maximum absolute atomic E-state index is 11.5. The molecular formula is C10H22N2O3S. The lowest BCUT2D eigenvalue weighted by Gasteiger charge is -2.28. The van der Waals surface area contributed by atoms with Crippen LogP contribution in [0.1, 0.15) is 19.3 Å². The zero-order chi connectivity index (χ0) is 12.0. The van der Waals surface area contributed by atoms with E-state index in [-0.39, 0.29) is 12.4 Å². The van der Waals surface area contributed by atoms with E-state index in [0.29, 0.717) is 18.9 Å². The van der Waals surface area contributed by atoms with Crippen LogP contribution in [0.3, 0.4) is 0 Å². The van der Waals surface area contributed by atoms with Gasteiger partial charge in [-0.05, 0) is 45.3 Å². The summed E-state index contributed by atoms with van der Waals surface area (Å²) >= 11 is 0. The summed E-state index contributed by atoms with van der Waals surface area (Å²) in [5.41, 5.74) is 0. The zero-order valence-corrected chi connectivity index (χ0v) is 10.7. The fourth-order valence-corrected chi connectivity index (χ4v) is 2.98. The monoisotopic (exact) mass is 250 g/mol. The average Bonchev–Trinajstić information content (AvgIpc) is 2.26. The van der Waals surface area contributed by atoms with Gasteiger partial charge in [0.1, 0.15) is 0 Å². The number of hydrogen-bond donors (Lipinski definition) is 2. The summed E-state index contributed by atoms with van der Waals surface area (Å²) in [5, 5.41) is 8.58. The van der Waals surface area contributed by atoms with Crippen molar-refractivity contribution in [2.24, 2.45) is 5.92 Å². The number of nitrogens with zero attached hydrogens (tertiary/aromatic N) is 1. The Morgan fingerprint density at radius 2 is 2.00 bits per heavy atom. The van der Waals surface area contributed by atoms with Gasteiger partial charge in [-0.2, -0.15) is 0 Å². The highest BCUT2D eigenvalue weighted by molar-refractivity contribution is 7.89. The fraction of sp³-hybridized carbons (Fsp3) is 1.00. The smallest absolute Gasteiger partial charge is 0.211 e. The highest BCUT2D eigenvalue weighted by Gasteiger charge is 2.18. The van der Waals surface area contributed by atoms with Crippen LogP contribution in [-0.2, 0) is 10.0 Å². The Bertz CT molecular complexity index is 284. The van der Waals surface area contributed by atoms with Crippen molar-refractivity contribution < 1.29 is 13.5 Å². The van der Waals surface area contributed by atoms with Crippen LogP contribution in [0.4, 0.5) is 0 Å². The quantitative estimate of drug-likeness (QED) is 0.675. The molecule has 5 nitrogen and oxygen atoms in total. The number of nitrogens with one attached hydrogen (secondary N) is 1. The molecule has 96 valence electrons. The Kier molecular flexibility index (Phi) is 5.68. The van der Waals surface area contributed by atoms with E-state index in [1.165, 1.54) is 0 Å². The summed E-state index contributed by atoms with van der Waals surface area (Å²) in [7, 11) is -1.10. The van der Waals surface area contributed by atoms with Gasteiger partial charge < -0.3 is 10.0 Å². The fourth-order valence-electron chi connectivity index (χ4n) is 1.84. The molecular weight excluding hydrogens is 228 g/mol. The molecule has 6 heteroatoms. The summed E-state index contributed by atoms with van der Waals surface area (Å²) in [5.74, 6) is 0.482. The van der Waals surface area contributed by atoms with Crippen LogP contribution in [0, 0.1) is 5.92 Å². The third kappa shape index (κ3) is 5.25. The van der Waals surface area contributed by atoms with Gasteiger partial charge in [0, 0.05) is 13.2 Å². The largest absolute Gasteiger partial charge is 0.396 e. The van der Waals surface area contributed by atoms with Crippen LogP contribution >= 0.6 is 0 Å². The summed E-state index contributed by atoms with van der Waals surface area (Å²) in [4.78, 5) is 2.26. The minimum absolute atomic E-state index is 0.0239. The number of piperidine rings is 1. The van der Waals surface area contributed by atoms with E-state index >= 15 is 0 Å². The van der Waals surface area contributed by atoms with Crippen molar-refractivity contribution in [2.45, 2.75) is 19.3 Å². The molecule has 1 saturated heterocycles. The van der Waals surface area contributed by atoms with E-state index in [0.717, 1.165) is 25.9 Å². The lowest BCUT2D eigenvalue weighted by Crippen LogP contribution is -2.37. The van der Waals surface area contributed by atoms with Crippen molar-refractivity contribution in [1.82, 2.24) is 9.62 Å². The van der Waals surface area contributed by atoms with Crippen LogP contribution in [-0.4, -0.2) is 57.5 Å². The predicted octanol–water partition coefficient (Wildman–Crippen LogP) is -0.370. The van der Waals surface area contributed by atoms with Crippen molar-refractivity contribution >= 4 is 10.0 Å². The van der Waals surface area contributed by atoms with Crippen LogP contribution in [0.2, 0.25) is 0 Å². The minimum atomic E-state index is -3.18. The summed E-state index contributed by atoms with van der Waals surface area (Å²) < 4.78 is 25.5. The summed E-state index contributed by atoms with van der Waals surface area (Å²) in [6.45, 7) is 2.56. The first-order chi connectivity index (χ1) is 7.53. The maximum Gasteiger partial charge on any atom is 0.211 e. The van der Waals surface area contributed by atoms with Crippen molar-refractivity contribution in [3.05, 3.63) is 0 Å². The van der Waals surface area contributed by atoms with E-state index in [2.05, 4.69) is 16.7 Å². The van der Waals surface area contributed by atoms with E-state index in [4.69, 9.17) is 5.11 Å². The van der Waals surface area contributed by atoms with Crippen molar-refractivity contribution in [1.29, 1.82) is 0 Å². The molecule has 0 aromatic heterocycles. The topological polar surface area (TPSA) is 69.6 Å². The standard InChI is InChI=1S/C10H22N2O3S/c1-12-5-3-10(4-6-12)9-11-16(14,15)8-2-7-13/h10-11,13H,2-9H2,1H3. The minimum Gasteiger partial charge on any atom is -0.396 e. The molecule has 1 rings (SSSR count). The van der Waals surface area contributed by atoms with Crippen molar-refractivity contribution in [3.8, 4) is 0 Å². The Morgan fingerprint density at radius 3 is 2.56 bits per heavy atom. The maximum atomic E-state index is 11.5. The molecule has 16 heavy (non-hydrogen) atoms. The Labute approximate surface area is 97.9 Å². The lowest BCUT2D eigenvalue weighted by molar-refractivity contribution is 0.220. The molecule has 0 aliphatic carbocycles. The third-order valence-electron chi connectivity index (χ3n) is 3.00. The molecule has 0 amide bonds. The Hall–Kier alpha value is -0.170. The summed E-state index contributed by atoms with van der Waals surface area (Å²) in [6, 6.07) is 0. The number of aliphatic hydroxyl groups excluding tert-OH is 1. The van der Waals surface area contributed by atoms with Crippen LogP contribution in [0.15, 0.2) is 0 Å². The van der Waals surface area contributed by atoms with Gasteiger partial charge in [-0.15, -0.1) is 0 Å². The lowest BCUT2D eigenvalue weighted by atomic mass is 9.98. The molecule has 0 radical (unpaired) electrons. The van der Waals surface area contributed by atoms with Gasteiger partial charge in [0.05, 0.1) is 5.75 Å². The molecule has 1 heterocycles. The normalized spacial score (nSPS) is 20.1. The third-order valence-corrected chi connectivity index (χ3v) is 4.43. The highest BCUT2D eigenvalue weighted by atomic mass is 32.2. The number of sulfonamides is 1. The van der Waals surface area contributed by atoms with Gasteiger partial charge in [0.2, 0.25) is 10.0 Å². The second-order valence-corrected chi connectivity index (χ2v) is 6.42. The second-order valence-electron chi connectivity index (χ2n) is 4.49. The van der Waals surface area contributed by atoms with Gasteiger partial charge >= 0.3 is 0 Å². The molecule has 0 saturated carbocycles. The van der Waals surface area contributed by atoms with E-state index in [1.807, 2.05) is 0 Å².